The summed E-state index contributed by atoms with van der Waals surface area (Å²) >= 11 is 0. The number of carbonyl (C=O) groups excluding carboxylic acids is 3. The molecule has 0 aliphatic heterocycles. The molecule has 24 heavy (non-hydrogen) atoms. The molecule has 1 unspecified atom stereocenters. The van der Waals surface area contributed by atoms with Crippen LogP contribution in [0, 0.1) is 0 Å². The van der Waals surface area contributed by atoms with E-state index in [4.69, 9.17) is 9.47 Å². The molecule has 0 saturated carbocycles. The van der Waals surface area contributed by atoms with Crippen LogP contribution in [0.1, 0.15) is 33.3 Å². The molecule has 7 nitrogen and oxygen atoms in total. The fourth-order valence-electron chi connectivity index (χ4n) is 2.00. The predicted molar refractivity (Wildman–Crippen MR) is 89.6 cm³/mol. The van der Waals surface area contributed by atoms with E-state index in [1.165, 1.54) is 14.0 Å². The monoisotopic (exact) mass is 336 g/mol. The molecule has 0 aromatic heterocycles. The molecule has 2 N–H and O–H groups in total. The number of anilines is 1. The topological polar surface area (TPSA) is 93.7 Å². The van der Waals surface area contributed by atoms with Gasteiger partial charge < -0.3 is 20.1 Å². The summed E-state index contributed by atoms with van der Waals surface area (Å²) in [6, 6.07) is 6.12. The highest BCUT2D eigenvalue weighted by atomic mass is 16.6. The lowest BCUT2D eigenvalue weighted by atomic mass is 10.1. The number of alkyl carbamates (subject to hydrolysis) is 1. The summed E-state index contributed by atoms with van der Waals surface area (Å²) in [5.41, 5.74) is 0.699. The number of benzene rings is 1. The third kappa shape index (κ3) is 7.13. The molecule has 132 valence electrons. The average molecular weight is 336 g/mol. The van der Waals surface area contributed by atoms with Crippen molar-refractivity contribution < 1.29 is 23.9 Å². The Labute approximate surface area is 141 Å². The molecule has 0 bridgehead atoms. The van der Waals surface area contributed by atoms with Gasteiger partial charge >= 0.3 is 12.1 Å². The maximum atomic E-state index is 11.9. The first-order valence-corrected chi connectivity index (χ1v) is 7.54. The molecule has 1 aromatic rings. The van der Waals surface area contributed by atoms with Crippen molar-refractivity contribution in [2.75, 3.05) is 12.4 Å². The second-order valence-electron chi connectivity index (χ2n) is 6.31. The SMILES string of the molecule is COC(=O)C(Cc1cccc(NC(C)=O)c1)NC(=O)OC(C)(C)C. The summed E-state index contributed by atoms with van der Waals surface area (Å²) in [4.78, 5) is 34.9. The van der Waals surface area contributed by atoms with E-state index in [2.05, 4.69) is 10.6 Å². The van der Waals surface area contributed by atoms with Gasteiger partial charge in [0.25, 0.3) is 0 Å². The first kappa shape index (κ1) is 19.5. The van der Waals surface area contributed by atoms with Crippen molar-refractivity contribution in [3.63, 3.8) is 0 Å². The molecule has 1 rings (SSSR count). The van der Waals surface area contributed by atoms with Crippen molar-refractivity contribution in [2.45, 2.75) is 45.8 Å². The minimum atomic E-state index is -0.891. The van der Waals surface area contributed by atoms with Crippen LogP contribution in [0.2, 0.25) is 0 Å². The number of hydrogen-bond acceptors (Lipinski definition) is 5. The molecule has 0 heterocycles. The van der Waals surface area contributed by atoms with E-state index < -0.39 is 23.7 Å². The summed E-state index contributed by atoms with van der Waals surface area (Å²) in [7, 11) is 1.25. The highest BCUT2D eigenvalue weighted by Crippen LogP contribution is 2.14. The number of esters is 1. The predicted octanol–water partition coefficient (Wildman–Crippen LogP) is 2.25. The van der Waals surface area contributed by atoms with Crippen LogP contribution >= 0.6 is 0 Å². The van der Waals surface area contributed by atoms with Gasteiger partial charge in [-0.3, -0.25) is 4.79 Å². The highest BCUT2D eigenvalue weighted by molar-refractivity contribution is 5.88. The first-order valence-electron chi connectivity index (χ1n) is 7.54. The Kier molecular flexibility index (Phi) is 6.76. The van der Waals surface area contributed by atoms with E-state index in [0.29, 0.717) is 5.69 Å². The van der Waals surface area contributed by atoms with E-state index in [1.807, 2.05) is 0 Å². The molecule has 1 aromatic carbocycles. The van der Waals surface area contributed by atoms with Crippen molar-refractivity contribution in [3.05, 3.63) is 29.8 Å². The Morgan fingerprint density at radius 2 is 1.88 bits per heavy atom. The van der Waals surface area contributed by atoms with E-state index in [1.54, 1.807) is 45.0 Å². The van der Waals surface area contributed by atoms with Crippen LogP contribution in [0.25, 0.3) is 0 Å². The van der Waals surface area contributed by atoms with E-state index >= 15 is 0 Å². The lowest BCUT2D eigenvalue weighted by Crippen LogP contribution is -2.45. The van der Waals surface area contributed by atoms with Crippen molar-refractivity contribution in [3.8, 4) is 0 Å². The van der Waals surface area contributed by atoms with Gasteiger partial charge in [-0.2, -0.15) is 0 Å². The lowest BCUT2D eigenvalue weighted by molar-refractivity contribution is -0.143. The van der Waals surface area contributed by atoms with Gasteiger partial charge in [0, 0.05) is 19.0 Å². The van der Waals surface area contributed by atoms with Crippen molar-refractivity contribution in [1.29, 1.82) is 0 Å². The maximum absolute atomic E-state index is 11.9. The Bertz CT molecular complexity index is 607. The van der Waals surface area contributed by atoms with Crippen LogP contribution in [-0.2, 0) is 25.5 Å². The molecule has 2 amide bonds. The summed E-state index contributed by atoms with van der Waals surface area (Å²) in [5, 5.41) is 5.18. The molecule has 7 heteroatoms. The van der Waals surface area contributed by atoms with Gasteiger partial charge in [-0.25, -0.2) is 9.59 Å². The number of hydrogen-bond donors (Lipinski definition) is 2. The lowest BCUT2D eigenvalue weighted by Gasteiger charge is -2.22. The molecule has 0 saturated heterocycles. The molecule has 0 fully saturated rings. The number of carbonyl (C=O) groups is 3. The molecule has 1 atom stereocenters. The number of methoxy groups -OCH3 is 1. The van der Waals surface area contributed by atoms with E-state index in [9.17, 15) is 14.4 Å². The van der Waals surface area contributed by atoms with Gasteiger partial charge in [-0.1, -0.05) is 12.1 Å². The summed E-state index contributed by atoms with van der Waals surface area (Å²) in [6.07, 6.45) is -0.491. The molecule has 0 radical (unpaired) electrons. The van der Waals surface area contributed by atoms with Crippen LogP contribution in [0.4, 0.5) is 10.5 Å². The standard InChI is InChI=1S/C17H24N2O5/c1-11(20)18-13-8-6-7-12(9-13)10-14(15(21)23-5)19-16(22)24-17(2,3)4/h6-9,14H,10H2,1-5H3,(H,18,20)(H,19,22). The molecule has 0 aliphatic rings. The van der Waals surface area contributed by atoms with E-state index in [0.717, 1.165) is 5.56 Å². The highest BCUT2D eigenvalue weighted by Gasteiger charge is 2.25. The summed E-state index contributed by atoms with van der Waals surface area (Å²) in [6.45, 7) is 6.61. The summed E-state index contributed by atoms with van der Waals surface area (Å²) < 4.78 is 9.89. The van der Waals surface area contributed by atoms with Crippen molar-refractivity contribution >= 4 is 23.7 Å². The van der Waals surface area contributed by atoms with Crippen LogP contribution in [0.15, 0.2) is 24.3 Å². The second kappa shape index (κ2) is 8.33. The van der Waals surface area contributed by atoms with Crippen LogP contribution in [0.3, 0.4) is 0 Å². The Morgan fingerprint density at radius 1 is 1.21 bits per heavy atom. The van der Waals surface area contributed by atoms with E-state index in [-0.39, 0.29) is 12.3 Å². The van der Waals surface area contributed by atoms with Crippen LogP contribution < -0.4 is 10.6 Å². The Balaban J connectivity index is 2.85. The van der Waals surface area contributed by atoms with Crippen LogP contribution in [-0.4, -0.2) is 36.7 Å². The van der Waals surface area contributed by atoms with Gasteiger partial charge in [-0.15, -0.1) is 0 Å². The third-order valence-electron chi connectivity index (χ3n) is 2.86. The van der Waals surface area contributed by atoms with Crippen molar-refractivity contribution in [2.24, 2.45) is 0 Å². The van der Waals surface area contributed by atoms with Gasteiger partial charge in [-0.05, 0) is 38.5 Å². The quantitative estimate of drug-likeness (QED) is 0.804. The minimum Gasteiger partial charge on any atom is -0.467 e. The molecular weight excluding hydrogens is 312 g/mol. The average Bonchev–Trinajstić information content (AvgIpc) is 2.43. The maximum Gasteiger partial charge on any atom is 0.408 e. The number of rotatable bonds is 5. The fraction of sp³-hybridized carbons (Fsp3) is 0.471. The van der Waals surface area contributed by atoms with Crippen molar-refractivity contribution in [1.82, 2.24) is 5.32 Å². The molecule has 0 aliphatic carbocycles. The number of nitrogens with one attached hydrogen (secondary N) is 2. The smallest absolute Gasteiger partial charge is 0.408 e. The zero-order valence-electron chi connectivity index (χ0n) is 14.6. The van der Waals surface area contributed by atoms with Gasteiger partial charge in [0.1, 0.15) is 11.6 Å². The van der Waals surface area contributed by atoms with Crippen LogP contribution in [0.5, 0.6) is 0 Å². The van der Waals surface area contributed by atoms with Gasteiger partial charge in [0.05, 0.1) is 7.11 Å². The fourth-order valence-corrected chi connectivity index (χ4v) is 2.00. The summed E-state index contributed by atoms with van der Waals surface area (Å²) in [5.74, 6) is -0.769. The molecule has 0 spiro atoms. The zero-order valence-corrected chi connectivity index (χ0v) is 14.6. The Hall–Kier alpha value is -2.57. The first-order chi connectivity index (χ1) is 11.1. The molecular formula is C17H24N2O5. The number of ether oxygens (including phenoxy) is 2. The minimum absolute atomic E-state index is 0.191. The third-order valence-corrected chi connectivity index (χ3v) is 2.86. The van der Waals surface area contributed by atoms with Gasteiger partial charge in [0.2, 0.25) is 5.91 Å². The normalized spacial score (nSPS) is 12.0. The zero-order chi connectivity index (χ0) is 18.3. The van der Waals surface area contributed by atoms with Gasteiger partial charge in [0.15, 0.2) is 0 Å². The second-order valence-corrected chi connectivity index (χ2v) is 6.31. The Morgan fingerprint density at radius 3 is 2.42 bits per heavy atom. The largest absolute Gasteiger partial charge is 0.467 e. The number of amides is 2.